The van der Waals surface area contributed by atoms with Crippen LogP contribution in [0.15, 0.2) is 0 Å². The van der Waals surface area contributed by atoms with Crippen LogP contribution in [0.1, 0.15) is 55.7 Å². The van der Waals surface area contributed by atoms with E-state index in [1.54, 1.807) is 0 Å². The largest absolute Gasteiger partial charge is 0.395 e. The Hall–Kier alpha value is -1.56. The Kier molecular flexibility index (Phi) is 4.32. The molecule has 1 aliphatic rings. The van der Waals surface area contributed by atoms with Gasteiger partial charge in [0, 0.05) is 0 Å². The van der Waals surface area contributed by atoms with E-state index < -0.39 is 5.54 Å². The molecule has 1 aliphatic carbocycles. The predicted molar refractivity (Wildman–Crippen MR) is 77.3 cm³/mol. The number of aliphatic hydroxyl groups excluding tert-OH is 1. The lowest BCUT2D eigenvalue weighted by Crippen LogP contribution is -2.54. The van der Waals surface area contributed by atoms with Gasteiger partial charge in [-0.3, -0.25) is 9.89 Å². The third-order valence-corrected chi connectivity index (χ3v) is 4.22. The van der Waals surface area contributed by atoms with Gasteiger partial charge in [0.25, 0.3) is 5.91 Å². The summed E-state index contributed by atoms with van der Waals surface area (Å²) < 4.78 is 0. The maximum absolute atomic E-state index is 12.3. The average Bonchev–Trinajstić information content (AvgIpc) is 2.80. The van der Waals surface area contributed by atoms with Crippen molar-refractivity contribution in [1.82, 2.24) is 15.5 Å². The maximum Gasteiger partial charge on any atom is 0.274 e. The van der Waals surface area contributed by atoms with Gasteiger partial charge in [0.05, 0.1) is 23.5 Å². The molecule has 0 bridgehead atoms. The molecule has 1 aromatic heterocycles. The minimum Gasteiger partial charge on any atom is -0.395 e. The second-order valence-corrected chi connectivity index (χ2v) is 5.91. The number of aryl methyl sites for hydroxylation is 1. The number of hydrogen-bond donors (Lipinski definition) is 4. The number of amides is 1. The number of carbonyl (C=O) groups excluding carboxylic acids is 1. The molecule has 0 radical (unpaired) electrons. The van der Waals surface area contributed by atoms with Crippen molar-refractivity contribution in [3.8, 4) is 0 Å². The molecule has 1 fully saturated rings. The number of nitrogen functional groups attached to an aromatic ring is 1. The van der Waals surface area contributed by atoms with Crippen molar-refractivity contribution in [3.05, 3.63) is 11.4 Å². The standard InChI is InChI=1S/C14H24N4O2/c1-3-10-11(15)12(18-17-10)13(20)16-14(8-19)6-4-5-9(2)7-14/h9,19H,3-8,15H2,1-2H3,(H,16,20)(H,17,18). The number of aliphatic hydroxyl groups is 1. The van der Waals surface area contributed by atoms with Gasteiger partial charge in [-0.25, -0.2) is 0 Å². The summed E-state index contributed by atoms with van der Waals surface area (Å²) in [5, 5.41) is 19.4. The Labute approximate surface area is 119 Å². The molecule has 2 unspecified atom stereocenters. The van der Waals surface area contributed by atoms with Crippen molar-refractivity contribution in [3.63, 3.8) is 0 Å². The Morgan fingerprint density at radius 1 is 1.65 bits per heavy atom. The third-order valence-electron chi connectivity index (χ3n) is 4.22. The SMILES string of the molecule is CCc1[nH]nc(C(=O)NC2(CO)CCCC(C)C2)c1N. The first kappa shape index (κ1) is 14.8. The molecule has 20 heavy (non-hydrogen) atoms. The molecule has 6 nitrogen and oxygen atoms in total. The van der Waals surface area contributed by atoms with Gasteiger partial charge in [-0.2, -0.15) is 5.10 Å². The second-order valence-electron chi connectivity index (χ2n) is 5.91. The summed E-state index contributed by atoms with van der Waals surface area (Å²) in [6, 6.07) is 0. The molecule has 112 valence electrons. The summed E-state index contributed by atoms with van der Waals surface area (Å²) in [6.07, 6.45) is 4.44. The molecule has 5 N–H and O–H groups in total. The van der Waals surface area contributed by atoms with Crippen molar-refractivity contribution >= 4 is 11.6 Å². The first-order valence-corrected chi connectivity index (χ1v) is 7.27. The number of nitrogens with one attached hydrogen (secondary N) is 2. The number of aromatic amines is 1. The highest BCUT2D eigenvalue weighted by Crippen LogP contribution is 2.32. The number of anilines is 1. The number of aromatic nitrogens is 2. The summed E-state index contributed by atoms with van der Waals surface area (Å²) in [5.41, 5.74) is 6.78. The number of rotatable bonds is 4. The highest BCUT2D eigenvalue weighted by molar-refractivity contribution is 5.98. The molecule has 1 amide bonds. The van der Waals surface area contributed by atoms with Gasteiger partial charge < -0.3 is 16.2 Å². The number of nitrogens with zero attached hydrogens (tertiary/aromatic N) is 1. The molecule has 0 aromatic carbocycles. The highest BCUT2D eigenvalue weighted by atomic mass is 16.3. The Balaban J connectivity index is 2.14. The first-order chi connectivity index (χ1) is 9.51. The molecular weight excluding hydrogens is 256 g/mol. The topological polar surface area (TPSA) is 104 Å². The van der Waals surface area contributed by atoms with E-state index in [1.807, 2.05) is 6.92 Å². The summed E-state index contributed by atoms with van der Waals surface area (Å²) in [5.74, 6) is 0.195. The fraction of sp³-hybridized carbons (Fsp3) is 0.714. The van der Waals surface area contributed by atoms with Gasteiger partial charge in [-0.1, -0.05) is 26.7 Å². The number of hydrogen-bond acceptors (Lipinski definition) is 4. The maximum atomic E-state index is 12.3. The molecule has 1 saturated carbocycles. The van der Waals surface area contributed by atoms with E-state index >= 15 is 0 Å². The third kappa shape index (κ3) is 2.80. The van der Waals surface area contributed by atoms with Crippen LogP contribution in [0.25, 0.3) is 0 Å². The lowest BCUT2D eigenvalue weighted by molar-refractivity contribution is 0.0693. The zero-order chi connectivity index (χ0) is 14.8. The number of nitrogens with two attached hydrogens (primary N) is 1. The lowest BCUT2D eigenvalue weighted by Gasteiger charge is -2.39. The normalized spacial score (nSPS) is 26.4. The van der Waals surface area contributed by atoms with Crippen LogP contribution in [-0.4, -0.2) is 33.4 Å². The van der Waals surface area contributed by atoms with Crippen LogP contribution in [0.2, 0.25) is 0 Å². The van der Waals surface area contributed by atoms with Crippen LogP contribution < -0.4 is 11.1 Å². The van der Waals surface area contributed by atoms with Crippen molar-refractivity contribution in [1.29, 1.82) is 0 Å². The number of H-pyrrole nitrogens is 1. The average molecular weight is 280 g/mol. The van der Waals surface area contributed by atoms with Crippen molar-refractivity contribution in [2.75, 3.05) is 12.3 Å². The summed E-state index contributed by atoms with van der Waals surface area (Å²) >= 11 is 0. The van der Waals surface area contributed by atoms with Crippen molar-refractivity contribution in [2.24, 2.45) is 5.92 Å². The molecule has 1 heterocycles. The number of carbonyl (C=O) groups is 1. The van der Waals surface area contributed by atoms with E-state index in [-0.39, 0.29) is 18.2 Å². The zero-order valence-corrected chi connectivity index (χ0v) is 12.2. The van der Waals surface area contributed by atoms with Crippen LogP contribution in [0.5, 0.6) is 0 Å². The van der Waals surface area contributed by atoms with Crippen LogP contribution in [-0.2, 0) is 6.42 Å². The minimum absolute atomic E-state index is 0.0476. The van der Waals surface area contributed by atoms with Gasteiger partial charge in [-0.15, -0.1) is 0 Å². The summed E-state index contributed by atoms with van der Waals surface area (Å²) in [4.78, 5) is 12.3. The van der Waals surface area contributed by atoms with E-state index in [0.717, 1.165) is 31.4 Å². The van der Waals surface area contributed by atoms with Crippen LogP contribution in [0, 0.1) is 5.92 Å². The highest BCUT2D eigenvalue weighted by Gasteiger charge is 2.36. The van der Waals surface area contributed by atoms with E-state index in [9.17, 15) is 9.90 Å². The van der Waals surface area contributed by atoms with Gasteiger partial charge in [0.15, 0.2) is 5.69 Å². The van der Waals surface area contributed by atoms with Gasteiger partial charge in [0.2, 0.25) is 0 Å². The fourth-order valence-corrected chi connectivity index (χ4v) is 3.09. The molecule has 6 heteroatoms. The molecule has 2 atom stereocenters. The monoisotopic (exact) mass is 280 g/mol. The van der Waals surface area contributed by atoms with E-state index in [1.165, 1.54) is 0 Å². The predicted octanol–water partition coefficient (Wildman–Crippen LogP) is 1.23. The second kappa shape index (κ2) is 5.83. The Morgan fingerprint density at radius 2 is 2.40 bits per heavy atom. The van der Waals surface area contributed by atoms with E-state index in [0.29, 0.717) is 18.0 Å². The molecule has 0 saturated heterocycles. The van der Waals surface area contributed by atoms with Gasteiger partial charge in [0.1, 0.15) is 0 Å². The summed E-state index contributed by atoms with van der Waals surface area (Å²) in [6.45, 7) is 4.05. The minimum atomic E-state index is -0.535. The van der Waals surface area contributed by atoms with Gasteiger partial charge >= 0.3 is 0 Å². The fourth-order valence-electron chi connectivity index (χ4n) is 3.09. The molecule has 1 aromatic rings. The van der Waals surface area contributed by atoms with Crippen LogP contribution >= 0.6 is 0 Å². The Morgan fingerprint density at radius 3 is 2.95 bits per heavy atom. The molecule has 0 aliphatic heterocycles. The van der Waals surface area contributed by atoms with E-state index in [2.05, 4.69) is 22.4 Å². The van der Waals surface area contributed by atoms with Crippen LogP contribution in [0.4, 0.5) is 5.69 Å². The van der Waals surface area contributed by atoms with Crippen molar-refractivity contribution in [2.45, 2.75) is 51.5 Å². The lowest BCUT2D eigenvalue weighted by atomic mass is 9.76. The van der Waals surface area contributed by atoms with E-state index in [4.69, 9.17) is 5.73 Å². The first-order valence-electron chi connectivity index (χ1n) is 7.27. The van der Waals surface area contributed by atoms with Crippen molar-refractivity contribution < 1.29 is 9.90 Å². The Bertz CT molecular complexity index is 486. The smallest absolute Gasteiger partial charge is 0.274 e. The molecule has 2 rings (SSSR count). The van der Waals surface area contributed by atoms with Crippen LogP contribution in [0.3, 0.4) is 0 Å². The molecule has 0 spiro atoms. The zero-order valence-electron chi connectivity index (χ0n) is 12.2. The summed E-state index contributed by atoms with van der Waals surface area (Å²) in [7, 11) is 0. The van der Waals surface area contributed by atoms with Gasteiger partial charge in [-0.05, 0) is 25.2 Å². The quantitative estimate of drug-likeness (QED) is 0.665. The molecular formula is C14H24N4O2.